The van der Waals surface area contributed by atoms with Crippen LogP contribution in [0.2, 0.25) is 0 Å². The molecule has 0 fully saturated rings. The highest BCUT2D eigenvalue weighted by Crippen LogP contribution is 2.25. The zero-order valence-corrected chi connectivity index (χ0v) is 15.4. The highest BCUT2D eigenvalue weighted by molar-refractivity contribution is 7.14. The van der Waals surface area contributed by atoms with Crippen molar-refractivity contribution in [1.82, 2.24) is 4.98 Å². The predicted octanol–water partition coefficient (Wildman–Crippen LogP) is 5.72. The van der Waals surface area contributed by atoms with Crippen LogP contribution in [0.5, 0.6) is 0 Å². The number of nitrogens with zero attached hydrogens (tertiary/aromatic N) is 1. The first-order valence-electron chi connectivity index (χ1n) is 8.32. The average molecular weight is 366 g/mol. The van der Waals surface area contributed by atoms with E-state index in [1.54, 1.807) is 18.2 Å². The van der Waals surface area contributed by atoms with E-state index in [1.807, 2.05) is 17.5 Å². The molecule has 0 atom stereocenters. The maximum absolute atomic E-state index is 13.0. The number of nitrogens with one attached hydrogen (secondary N) is 1. The van der Waals surface area contributed by atoms with Crippen molar-refractivity contribution in [1.29, 1.82) is 0 Å². The van der Waals surface area contributed by atoms with Crippen LogP contribution in [0, 0.1) is 5.82 Å². The normalized spacial score (nSPS) is 11.2. The molecule has 1 amide bonds. The van der Waals surface area contributed by atoms with E-state index in [0.717, 1.165) is 11.1 Å². The monoisotopic (exact) mass is 366 g/mol. The van der Waals surface area contributed by atoms with Crippen LogP contribution in [0.15, 0.2) is 60.0 Å². The summed E-state index contributed by atoms with van der Waals surface area (Å²) in [6.45, 7) is 4.29. The van der Waals surface area contributed by atoms with E-state index in [4.69, 9.17) is 0 Å². The van der Waals surface area contributed by atoms with Gasteiger partial charge < -0.3 is 0 Å². The van der Waals surface area contributed by atoms with Gasteiger partial charge in [0.15, 0.2) is 5.13 Å². The Balaban J connectivity index is 1.62. The second-order valence-electron chi connectivity index (χ2n) is 6.19. The van der Waals surface area contributed by atoms with Crippen molar-refractivity contribution >= 4 is 28.5 Å². The molecule has 2 aromatic carbocycles. The Bertz CT molecular complexity index is 912. The third-order valence-electron chi connectivity index (χ3n) is 3.90. The lowest BCUT2D eigenvalue weighted by Crippen LogP contribution is -2.07. The number of rotatable bonds is 5. The Labute approximate surface area is 156 Å². The SMILES string of the molecule is CC(C)c1ccc(C=CC(=O)Nc2nc(-c3ccc(F)cc3)cs2)cc1. The molecule has 1 N–H and O–H groups in total. The molecule has 0 radical (unpaired) electrons. The zero-order valence-electron chi connectivity index (χ0n) is 14.6. The maximum Gasteiger partial charge on any atom is 0.250 e. The minimum atomic E-state index is -0.288. The molecule has 0 aliphatic rings. The number of benzene rings is 2. The second-order valence-corrected chi connectivity index (χ2v) is 7.05. The minimum absolute atomic E-state index is 0.238. The van der Waals surface area contributed by atoms with Crippen molar-refractivity contribution in [2.75, 3.05) is 5.32 Å². The predicted molar refractivity (Wildman–Crippen MR) is 106 cm³/mol. The van der Waals surface area contributed by atoms with Gasteiger partial charge in [-0.25, -0.2) is 9.37 Å². The van der Waals surface area contributed by atoms with Crippen LogP contribution >= 0.6 is 11.3 Å². The molecule has 1 aromatic heterocycles. The van der Waals surface area contributed by atoms with E-state index in [2.05, 4.69) is 36.3 Å². The molecule has 3 rings (SSSR count). The van der Waals surface area contributed by atoms with Gasteiger partial charge in [-0.3, -0.25) is 10.1 Å². The Morgan fingerprint density at radius 1 is 1.12 bits per heavy atom. The van der Waals surface area contributed by atoms with Gasteiger partial charge in [-0.15, -0.1) is 11.3 Å². The molecule has 0 aliphatic carbocycles. The lowest BCUT2D eigenvalue weighted by Gasteiger charge is -2.04. The quantitative estimate of drug-likeness (QED) is 0.586. The van der Waals surface area contributed by atoms with E-state index in [-0.39, 0.29) is 11.7 Å². The number of halogens is 1. The summed E-state index contributed by atoms with van der Waals surface area (Å²) in [4.78, 5) is 16.4. The number of carbonyl (C=O) groups is 1. The third kappa shape index (κ3) is 4.64. The molecule has 0 unspecified atom stereocenters. The first kappa shape index (κ1) is 18.0. The number of hydrogen-bond donors (Lipinski definition) is 1. The fourth-order valence-corrected chi connectivity index (χ4v) is 3.12. The number of amides is 1. The van der Waals surface area contributed by atoms with Crippen LogP contribution < -0.4 is 5.32 Å². The molecular weight excluding hydrogens is 347 g/mol. The lowest BCUT2D eigenvalue weighted by molar-refractivity contribution is -0.111. The average Bonchev–Trinajstić information content (AvgIpc) is 3.09. The molecular formula is C21H19FN2OS. The minimum Gasteiger partial charge on any atom is -0.298 e. The van der Waals surface area contributed by atoms with Crippen LogP contribution in [-0.2, 0) is 4.79 Å². The van der Waals surface area contributed by atoms with Gasteiger partial charge in [0.2, 0.25) is 5.91 Å². The summed E-state index contributed by atoms with van der Waals surface area (Å²) in [5.74, 6) is -0.0430. The summed E-state index contributed by atoms with van der Waals surface area (Å²) in [5, 5.41) is 5.09. The number of thiazole rings is 1. The highest BCUT2D eigenvalue weighted by Gasteiger charge is 2.06. The molecule has 5 heteroatoms. The molecule has 0 bridgehead atoms. The van der Waals surface area contributed by atoms with Gasteiger partial charge in [-0.2, -0.15) is 0 Å². The van der Waals surface area contributed by atoms with Crippen molar-refractivity contribution in [3.8, 4) is 11.3 Å². The van der Waals surface area contributed by atoms with E-state index in [1.165, 1.54) is 35.1 Å². The second kappa shape index (κ2) is 8.06. The third-order valence-corrected chi connectivity index (χ3v) is 4.66. The molecule has 0 spiro atoms. The summed E-state index contributed by atoms with van der Waals surface area (Å²) >= 11 is 1.33. The van der Waals surface area contributed by atoms with Crippen LogP contribution in [0.4, 0.5) is 9.52 Å². The summed E-state index contributed by atoms with van der Waals surface area (Å²) in [6.07, 6.45) is 3.26. The smallest absolute Gasteiger partial charge is 0.250 e. The molecule has 0 aliphatic heterocycles. The molecule has 1 heterocycles. The van der Waals surface area contributed by atoms with Gasteiger partial charge in [-0.05, 0) is 47.4 Å². The van der Waals surface area contributed by atoms with Crippen molar-refractivity contribution in [2.45, 2.75) is 19.8 Å². The van der Waals surface area contributed by atoms with Gasteiger partial charge in [0, 0.05) is 17.0 Å². The summed E-state index contributed by atoms with van der Waals surface area (Å²) in [6, 6.07) is 14.2. The number of anilines is 1. The number of aromatic nitrogens is 1. The Morgan fingerprint density at radius 3 is 2.46 bits per heavy atom. The standard InChI is InChI=1S/C21H19FN2OS/c1-14(2)16-6-3-15(4-7-16)5-12-20(25)24-21-23-19(13-26-21)17-8-10-18(22)11-9-17/h3-14H,1-2H3,(H,23,24,25). The first-order valence-corrected chi connectivity index (χ1v) is 9.20. The van der Waals surface area contributed by atoms with Crippen LogP contribution in [0.25, 0.3) is 17.3 Å². The fraction of sp³-hybridized carbons (Fsp3) is 0.143. The van der Waals surface area contributed by atoms with Crippen molar-refractivity contribution in [3.63, 3.8) is 0 Å². The van der Waals surface area contributed by atoms with Gasteiger partial charge in [0.25, 0.3) is 0 Å². The number of hydrogen-bond acceptors (Lipinski definition) is 3. The van der Waals surface area contributed by atoms with Gasteiger partial charge in [0.1, 0.15) is 5.82 Å². The Kier molecular flexibility index (Phi) is 5.58. The zero-order chi connectivity index (χ0) is 18.5. The maximum atomic E-state index is 13.0. The van der Waals surface area contributed by atoms with Gasteiger partial charge >= 0.3 is 0 Å². The highest BCUT2D eigenvalue weighted by atomic mass is 32.1. The molecule has 3 nitrogen and oxygen atoms in total. The van der Waals surface area contributed by atoms with Crippen LogP contribution in [0.3, 0.4) is 0 Å². The van der Waals surface area contributed by atoms with E-state index >= 15 is 0 Å². The lowest BCUT2D eigenvalue weighted by atomic mass is 10.0. The van der Waals surface area contributed by atoms with Crippen molar-refractivity contribution in [3.05, 3.63) is 76.9 Å². The summed E-state index contributed by atoms with van der Waals surface area (Å²) in [7, 11) is 0. The van der Waals surface area contributed by atoms with Crippen LogP contribution in [-0.4, -0.2) is 10.9 Å². The summed E-state index contributed by atoms with van der Waals surface area (Å²) < 4.78 is 13.0. The summed E-state index contributed by atoms with van der Waals surface area (Å²) in [5.41, 5.74) is 3.75. The van der Waals surface area contributed by atoms with Gasteiger partial charge in [-0.1, -0.05) is 38.1 Å². The Hall–Kier alpha value is -2.79. The van der Waals surface area contributed by atoms with Crippen molar-refractivity contribution in [2.24, 2.45) is 0 Å². The molecule has 0 saturated heterocycles. The molecule has 26 heavy (non-hydrogen) atoms. The molecule has 3 aromatic rings. The first-order chi connectivity index (χ1) is 12.5. The topological polar surface area (TPSA) is 42.0 Å². The van der Waals surface area contributed by atoms with Crippen LogP contribution in [0.1, 0.15) is 30.9 Å². The van der Waals surface area contributed by atoms with Crippen molar-refractivity contribution < 1.29 is 9.18 Å². The fourth-order valence-electron chi connectivity index (χ4n) is 2.40. The van der Waals surface area contributed by atoms with E-state index in [0.29, 0.717) is 16.7 Å². The van der Waals surface area contributed by atoms with Gasteiger partial charge in [0.05, 0.1) is 5.69 Å². The largest absolute Gasteiger partial charge is 0.298 e. The van der Waals surface area contributed by atoms with E-state index in [9.17, 15) is 9.18 Å². The number of carbonyl (C=O) groups excluding carboxylic acids is 1. The van der Waals surface area contributed by atoms with E-state index < -0.39 is 0 Å². The molecule has 0 saturated carbocycles. The molecule has 132 valence electrons. The Morgan fingerprint density at radius 2 is 1.81 bits per heavy atom.